The van der Waals surface area contributed by atoms with Crippen molar-refractivity contribution in [3.05, 3.63) is 30.1 Å². The molecule has 0 radical (unpaired) electrons. The molecular formula is C14H21N3O. The lowest BCUT2D eigenvalue weighted by Crippen LogP contribution is -2.41. The Bertz CT molecular complexity index is 407. The lowest BCUT2D eigenvalue weighted by molar-refractivity contribution is -0.133. The lowest BCUT2D eigenvalue weighted by atomic mass is 10.0. The Hall–Kier alpha value is -1.42. The Morgan fingerprint density at radius 2 is 2.28 bits per heavy atom. The maximum atomic E-state index is 12.3. The minimum atomic E-state index is -0.445. The molecule has 2 N–H and O–H groups in total. The molecule has 0 saturated heterocycles. The maximum Gasteiger partial charge on any atom is 0.224 e. The molecule has 0 aliphatic heterocycles. The summed E-state index contributed by atoms with van der Waals surface area (Å²) in [4.78, 5) is 18.3. The van der Waals surface area contributed by atoms with Crippen molar-refractivity contribution in [1.29, 1.82) is 0 Å². The van der Waals surface area contributed by atoms with Crippen molar-refractivity contribution in [2.24, 2.45) is 5.73 Å². The van der Waals surface area contributed by atoms with Crippen LogP contribution in [0.15, 0.2) is 24.5 Å². The minimum absolute atomic E-state index is 0.147. The van der Waals surface area contributed by atoms with Crippen molar-refractivity contribution in [2.45, 2.75) is 51.2 Å². The van der Waals surface area contributed by atoms with E-state index >= 15 is 0 Å². The third-order valence-electron chi connectivity index (χ3n) is 2.99. The topological polar surface area (TPSA) is 59.2 Å². The van der Waals surface area contributed by atoms with Gasteiger partial charge in [0.1, 0.15) is 0 Å². The average Bonchev–Trinajstić information content (AvgIpc) is 3.08. The number of aromatic nitrogens is 1. The first-order valence-electron chi connectivity index (χ1n) is 6.43. The SMILES string of the molecule is CC(C)(N)CC(=O)N(Cc1cccnc1)C1CC1. The summed E-state index contributed by atoms with van der Waals surface area (Å²) in [7, 11) is 0. The molecule has 1 amide bonds. The zero-order valence-corrected chi connectivity index (χ0v) is 11.1. The van der Waals surface area contributed by atoms with Gasteiger partial charge in [0.25, 0.3) is 0 Å². The quantitative estimate of drug-likeness (QED) is 0.861. The van der Waals surface area contributed by atoms with Crippen molar-refractivity contribution in [3.63, 3.8) is 0 Å². The van der Waals surface area contributed by atoms with E-state index in [4.69, 9.17) is 5.73 Å². The van der Waals surface area contributed by atoms with Gasteiger partial charge in [-0.05, 0) is 38.3 Å². The summed E-state index contributed by atoms with van der Waals surface area (Å²) in [6, 6.07) is 4.31. The first-order valence-corrected chi connectivity index (χ1v) is 6.43. The zero-order chi connectivity index (χ0) is 13.2. The van der Waals surface area contributed by atoms with E-state index < -0.39 is 5.54 Å². The van der Waals surface area contributed by atoms with Crippen LogP contribution in [0.3, 0.4) is 0 Å². The fourth-order valence-corrected chi connectivity index (χ4v) is 1.99. The number of nitrogens with zero attached hydrogens (tertiary/aromatic N) is 2. The number of pyridine rings is 1. The van der Waals surface area contributed by atoms with Crippen LogP contribution >= 0.6 is 0 Å². The Morgan fingerprint density at radius 3 is 2.78 bits per heavy atom. The average molecular weight is 247 g/mol. The minimum Gasteiger partial charge on any atom is -0.335 e. The van der Waals surface area contributed by atoms with Gasteiger partial charge in [-0.2, -0.15) is 0 Å². The van der Waals surface area contributed by atoms with Gasteiger partial charge in [0.05, 0.1) is 0 Å². The van der Waals surface area contributed by atoms with Crippen molar-refractivity contribution in [3.8, 4) is 0 Å². The molecule has 0 aromatic carbocycles. The van der Waals surface area contributed by atoms with Crippen LogP contribution in [0.1, 0.15) is 38.7 Å². The Morgan fingerprint density at radius 1 is 1.56 bits per heavy atom. The number of carbonyl (C=O) groups excluding carboxylic acids is 1. The molecule has 4 nitrogen and oxygen atoms in total. The van der Waals surface area contributed by atoms with Crippen LogP contribution in [0.5, 0.6) is 0 Å². The van der Waals surface area contributed by atoms with Crippen LogP contribution in [0.25, 0.3) is 0 Å². The second-order valence-electron chi connectivity index (χ2n) is 5.78. The summed E-state index contributed by atoms with van der Waals surface area (Å²) in [5, 5.41) is 0. The molecule has 1 heterocycles. The predicted molar refractivity (Wildman–Crippen MR) is 70.7 cm³/mol. The number of carbonyl (C=O) groups is 1. The number of hydrogen-bond acceptors (Lipinski definition) is 3. The van der Waals surface area contributed by atoms with E-state index in [0.717, 1.165) is 18.4 Å². The standard InChI is InChI=1S/C14H21N3O/c1-14(2,15)8-13(18)17(12-5-6-12)10-11-4-3-7-16-9-11/h3-4,7,9,12H,5-6,8,10,15H2,1-2H3. The summed E-state index contributed by atoms with van der Waals surface area (Å²) >= 11 is 0. The summed E-state index contributed by atoms with van der Waals surface area (Å²) in [6.45, 7) is 4.42. The molecule has 0 atom stereocenters. The summed E-state index contributed by atoms with van der Waals surface area (Å²) < 4.78 is 0. The fourth-order valence-electron chi connectivity index (χ4n) is 1.99. The highest BCUT2D eigenvalue weighted by Crippen LogP contribution is 2.29. The van der Waals surface area contributed by atoms with Gasteiger partial charge in [0.2, 0.25) is 5.91 Å². The Balaban J connectivity index is 2.02. The van der Waals surface area contributed by atoms with Crippen LogP contribution in [-0.2, 0) is 11.3 Å². The molecule has 1 aliphatic rings. The van der Waals surface area contributed by atoms with Crippen LogP contribution in [0.4, 0.5) is 0 Å². The number of amides is 1. The van der Waals surface area contributed by atoms with Crippen molar-refractivity contribution in [1.82, 2.24) is 9.88 Å². The number of rotatable bonds is 5. The zero-order valence-electron chi connectivity index (χ0n) is 11.1. The van der Waals surface area contributed by atoms with Gasteiger partial charge < -0.3 is 10.6 Å². The van der Waals surface area contributed by atoms with E-state index in [-0.39, 0.29) is 5.91 Å². The van der Waals surface area contributed by atoms with Gasteiger partial charge >= 0.3 is 0 Å². The third kappa shape index (κ3) is 3.81. The molecule has 1 saturated carbocycles. The van der Waals surface area contributed by atoms with E-state index in [0.29, 0.717) is 19.0 Å². The summed E-state index contributed by atoms with van der Waals surface area (Å²) in [5.41, 5.74) is 6.56. The molecule has 1 fully saturated rings. The number of nitrogens with two attached hydrogens (primary N) is 1. The van der Waals surface area contributed by atoms with E-state index in [1.165, 1.54) is 0 Å². The van der Waals surface area contributed by atoms with Gasteiger partial charge in [-0.3, -0.25) is 9.78 Å². The molecular weight excluding hydrogens is 226 g/mol. The predicted octanol–water partition coefficient (Wildman–Crippen LogP) is 1.70. The summed E-state index contributed by atoms with van der Waals surface area (Å²) in [6.07, 6.45) is 6.17. The van der Waals surface area contributed by atoms with E-state index in [2.05, 4.69) is 4.98 Å². The Labute approximate surface area is 108 Å². The molecule has 98 valence electrons. The number of hydrogen-bond donors (Lipinski definition) is 1. The smallest absolute Gasteiger partial charge is 0.224 e. The van der Waals surface area contributed by atoms with Crippen LogP contribution in [-0.4, -0.2) is 27.4 Å². The van der Waals surface area contributed by atoms with E-state index in [9.17, 15) is 4.79 Å². The first kappa shape index (κ1) is 13.0. The molecule has 0 spiro atoms. The molecule has 1 aromatic heterocycles. The Kier molecular flexibility index (Phi) is 3.66. The second kappa shape index (κ2) is 5.06. The first-order chi connectivity index (χ1) is 8.46. The van der Waals surface area contributed by atoms with Crippen LogP contribution < -0.4 is 5.73 Å². The van der Waals surface area contributed by atoms with E-state index in [1.54, 1.807) is 6.20 Å². The van der Waals surface area contributed by atoms with Crippen LogP contribution in [0.2, 0.25) is 0 Å². The maximum absolute atomic E-state index is 12.3. The monoisotopic (exact) mass is 247 g/mol. The van der Waals surface area contributed by atoms with Gasteiger partial charge in [0.15, 0.2) is 0 Å². The van der Waals surface area contributed by atoms with Crippen molar-refractivity contribution >= 4 is 5.91 Å². The normalized spacial score (nSPS) is 15.5. The van der Waals surface area contributed by atoms with Crippen molar-refractivity contribution < 1.29 is 4.79 Å². The lowest BCUT2D eigenvalue weighted by Gasteiger charge is -2.26. The summed E-state index contributed by atoms with van der Waals surface area (Å²) in [5.74, 6) is 0.147. The largest absolute Gasteiger partial charge is 0.335 e. The molecule has 4 heteroatoms. The molecule has 1 aliphatic carbocycles. The molecule has 18 heavy (non-hydrogen) atoms. The molecule has 0 bridgehead atoms. The van der Waals surface area contributed by atoms with Gasteiger partial charge in [0, 0.05) is 36.9 Å². The molecule has 0 unspecified atom stereocenters. The van der Waals surface area contributed by atoms with E-state index in [1.807, 2.05) is 37.1 Å². The van der Waals surface area contributed by atoms with Crippen molar-refractivity contribution in [2.75, 3.05) is 0 Å². The second-order valence-corrected chi connectivity index (χ2v) is 5.78. The third-order valence-corrected chi connectivity index (χ3v) is 2.99. The fraction of sp³-hybridized carbons (Fsp3) is 0.571. The van der Waals surface area contributed by atoms with Gasteiger partial charge in [-0.15, -0.1) is 0 Å². The highest BCUT2D eigenvalue weighted by molar-refractivity contribution is 5.78. The van der Waals surface area contributed by atoms with Gasteiger partial charge in [-0.1, -0.05) is 6.07 Å². The highest BCUT2D eigenvalue weighted by atomic mass is 16.2. The molecule has 2 rings (SSSR count). The van der Waals surface area contributed by atoms with Gasteiger partial charge in [-0.25, -0.2) is 0 Å². The molecule has 1 aromatic rings. The highest BCUT2D eigenvalue weighted by Gasteiger charge is 2.33. The van der Waals surface area contributed by atoms with Crippen LogP contribution in [0, 0.1) is 0 Å².